The van der Waals surface area contributed by atoms with Crippen molar-refractivity contribution in [2.75, 3.05) is 13.7 Å². The van der Waals surface area contributed by atoms with Crippen molar-refractivity contribution in [3.8, 4) is 11.5 Å². The standard InChI is InChI=1S/C18H23NO4S/c1-13-12-18(14(2)11-17(13)23-3)24(21,22)19-10-4-5-15-6-8-16(20)9-7-15/h6-9,11-12,19-20H,4-5,10H2,1-3H3. The summed E-state index contributed by atoms with van der Waals surface area (Å²) in [5.41, 5.74) is 2.50. The molecule has 0 saturated carbocycles. The Morgan fingerprint density at radius 3 is 2.38 bits per heavy atom. The number of aromatic hydroxyl groups is 1. The van der Waals surface area contributed by atoms with Gasteiger partial charge >= 0.3 is 0 Å². The largest absolute Gasteiger partial charge is 0.508 e. The van der Waals surface area contributed by atoms with Crippen LogP contribution in [-0.4, -0.2) is 27.2 Å². The van der Waals surface area contributed by atoms with Crippen LogP contribution in [0, 0.1) is 13.8 Å². The average molecular weight is 349 g/mol. The lowest BCUT2D eigenvalue weighted by Crippen LogP contribution is -2.26. The Bertz CT molecular complexity index is 799. The number of hydrogen-bond donors (Lipinski definition) is 2. The van der Waals surface area contributed by atoms with Crippen molar-refractivity contribution in [1.82, 2.24) is 4.72 Å². The SMILES string of the molecule is COc1cc(C)c(S(=O)(=O)NCCCc2ccc(O)cc2)cc1C. The van der Waals surface area contributed by atoms with E-state index in [1.165, 1.54) is 0 Å². The van der Waals surface area contributed by atoms with Crippen LogP contribution in [0.4, 0.5) is 0 Å². The van der Waals surface area contributed by atoms with Crippen LogP contribution >= 0.6 is 0 Å². The topological polar surface area (TPSA) is 75.6 Å². The van der Waals surface area contributed by atoms with E-state index in [1.807, 2.05) is 19.1 Å². The maximum Gasteiger partial charge on any atom is 0.240 e. The lowest BCUT2D eigenvalue weighted by Gasteiger charge is -2.13. The molecule has 2 aromatic rings. The molecule has 130 valence electrons. The highest BCUT2D eigenvalue weighted by Gasteiger charge is 2.18. The molecular weight excluding hydrogens is 326 g/mol. The molecule has 24 heavy (non-hydrogen) atoms. The number of phenols is 1. The Morgan fingerprint density at radius 2 is 1.75 bits per heavy atom. The number of ether oxygens (including phenoxy) is 1. The van der Waals surface area contributed by atoms with E-state index in [0.717, 1.165) is 17.5 Å². The molecule has 0 amide bonds. The monoisotopic (exact) mass is 349 g/mol. The molecule has 2 rings (SSSR count). The number of aryl methyl sites for hydroxylation is 3. The third kappa shape index (κ3) is 4.49. The van der Waals surface area contributed by atoms with E-state index in [1.54, 1.807) is 38.3 Å². The highest BCUT2D eigenvalue weighted by molar-refractivity contribution is 7.89. The first kappa shape index (κ1) is 18.3. The summed E-state index contributed by atoms with van der Waals surface area (Å²) in [7, 11) is -1.98. The summed E-state index contributed by atoms with van der Waals surface area (Å²) in [6.45, 7) is 3.93. The van der Waals surface area contributed by atoms with E-state index < -0.39 is 10.0 Å². The van der Waals surface area contributed by atoms with Crippen molar-refractivity contribution >= 4 is 10.0 Å². The number of methoxy groups -OCH3 is 1. The lowest BCUT2D eigenvalue weighted by molar-refractivity contribution is 0.411. The molecule has 0 aromatic heterocycles. The molecule has 0 saturated heterocycles. The molecule has 0 bridgehead atoms. The molecule has 0 aliphatic rings. The molecule has 2 aromatic carbocycles. The maximum absolute atomic E-state index is 12.5. The second-order valence-corrected chi connectivity index (χ2v) is 7.49. The normalized spacial score (nSPS) is 11.5. The molecule has 0 radical (unpaired) electrons. The first-order valence-electron chi connectivity index (χ1n) is 7.76. The van der Waals surface area contributed by atoms with E-state index >= 15 is 0 Å². The van der Waals surface area contributed by atoms with Crippen LogP contribution in [0.3, 0.4) is 0 Å². The first-order chi connectivity index (χ1) is 11.3. The van der Waals surface area contributed by atoms with Gasteiger partial charge in [0.25, 0.3) is 0 Å². The summed E-state index contributed by atoms with van der Waals surface area (Å²) in [5.74, 6) is 0.906. The fraction of sp³-hybridized carbons (Fsp3) is 0.333. The molecular formula is C18H23NO4S. The number of benzene rings is 2. The highest BCUT2D eigenvalue weighted by atomic mass is 32.2. The minimum absolute atomic E-state index is 0.227. The van der Waals surface area contributed by atoms with Crippen LogP contribution in [-0.2, 0) is 16.4 Å². The Kier molecular flexibility index (Phi) is 5.85. The first-order valence-corrected chi connectivity index (χ1v) is 9.24. The number of nitrogens with one attached hydrogen (secondary N) is 1. The Morgan fingerprint density at radius 1 is 1.08 bits per heavy atom. The summed E-state index contributed by atoms with van der Waals surface area (Å²) >= 11 is 0. The van der Waals surface area contributed by atoms with Gasteiger partial charge in [-0.25, -0.2) is 13.1 Å². The van der Waals surface area contributed by atoms with Gasteiger partial charge in [-0.2, -0.15) is 0 Å². The van der Waals surface area contributed by atoms with E-state index in [-0.39, 0.29) is 10.6 Å². The highest BCUT2D eigenvalue weighted by Crippen LogP contribution is 2.25. The second-order valence-electron chi connectivity index (χ2n) is 5.76. The molecule has 0 fully saturated rings. The molecule has 6 heteroatoms. The summed E-state index contributed by atoms with van der Waals surface area (Å²) in [5, 5.41) is 9.25. The minimum Gasteiger partial charge on any atom is -0.508 e. The predicted octanol–water partition coefficient (Wildman–Crippen LogP) is 2.93. The van der Waals surface area contributed by atoms with Crippen LogP contribution in [0.15, 0.2) is 41.3 Å². The van der Waals surface area contributed by atoms with Gasteiger partial charge < -0.3 is 9.84 Å². The van der Waals surface area contributed by atoms with Gasteiger partial charge in [0.15, 0.2) is 0 Å². The van der Waals surface area contributed by atoms with Crippen LogP contribution in [0.2, 0.25) is 0 Å². The zero-order valence-corrected chi connectivity index (χ0v) is 15.0. The lowest BCUT2D eigenvalue weighted by atomic mass is 10.1. The van der Waals surface area contributed by atoms with Gasteiger partial charge in [0.1, 0.15) is 11.5 Å². The van der Waals surface area contributed by atoms with Gasteiger partial charge in [-0.1, -0.05) is 12.1 Å². The van der Waals surface area contributed by atoms with Crippen molar-refractivity contribution < 1.29 is 18.3 Å². The Balaban J connectivity index is 1.98. The van der Waals surface area contributed by atoms with E-state index in [0.29, 0.717) is 24.3 Å². The van der Waals surface area contributed by atoms with Gasteiger partial charge in [0.05, 0.1) is 12.0 Å². The average Bonchev–Trinajstić information content (AvgIpc) is 2.55. The van der Waals surface area contributed by atoms with Crippen LogP contribution in [0.1, 0.15) is 23.1 Å². The summed E-state index contributed by atoms with van der Waals surface area (Å²) < 4.78 is 32.8. The quantitative estimate of drug-likeness (QED) is 0.754. The minimum atomic E-state index is -3.55. The van der Waals surface area contributed by atoms with Crippen molar-refractivity contribution in [2.45, 2.75) is 31.6 Å². The molecule has 0 aliphatic carbocycles. The zero-order valence-electron chi connectivity index (χ0n) is 14.2. The molecule has 5 nitrogen and oxygen atoms in total. The maximum atomic E-state index is 12.5. The Labute approximate surface area is 143 Å². The molecule has 0 spiro atoms. The number of sulfonamides is 1. The molecule has 0 unspecified atom stereocenters. The number of rotatable bonds is 7. The van der Waals surface area contributed by atoms with Crippen molar-refractivity contribution in [1.29, 1.82) is 0 Å². The smallest absolute Gasteiger partial charge is 0.240 e. The number of phenolic OH excluding ortho intramolecular Hbond substituents is 1. The summed E-state index contributed by atoms with van der Waals surface area (Å²) in [4.78, 5) is 0.283. The predicted molar refractivity (Wildman–Crippen MR) is 94.1 cm³/mol. The van der Waals surface area contributed by atoms with Crippen LogP contribution < -0.4 is 9.46 Å². The van der Waals surface area contributed by atoms with E-state index in [9.17, 15) is 13.5 Å². The summed E-state index contributed by atoms with van der Waals surface area (Å²) in [6, 6.07) is 10.3. The van der Waals surface area contributed by atoms with Gasteiger partial charge in [0.2, 0.25) is 10.0 Å². The summed E-state index contributed by atoms with van der Waals surface area (Å²) in [6.07, 6.45) is 1.42. The van der Waals surface area contributed by atoms with Crippen LogP contribution in [0.5, 0.6) is 11.5 Å². The molecule has 0 atom stereocenters. The third-order valence-corrected chi connectivity index (χ3v) is 5.46. The van der Waals surface area contributed by atoms with Crippen molar-refractivity contribution in [2.24, 2.45) is 0 Å². The molecule has 0 heterocycles. The Hall–Kier alpha value is -2.05. The van der Waals surface area contributed by atoms with Gasteiger partial charge in [-0.05, 0) is 67.6 Å². The van der Waals surface area contributed by atoms with E-state index in [2.05, 4.69) is 4.72 Å². The van der Waals surface area contributed by atoms with Crippen molar-refractivity contribution in [3.63, 3.8) is 0 Å². The van der Waals surface area contributed by atoms with Gasteiger partial charge in [-0.15, -0.1) is 0 Å². The third-order valence-electron chi connectivity index (χ3n) is 3.85. The fourth-order valence-electron chi connectivity index (χ4n) is 2.51. The second kappa shape index (κ2) is 7.68. The van der Waals surface area contributed by atoms with Gasteiger partial charge in [-0.3, -0.25) is 0 Å². The van der Waals surface area contributed by atoms with Crippen LogP contribution in [0.25, 0.3) is 0 Å². The molecule has 2 N–H and O–H groups in total. The fourth-order valence-corrected chi connectivity index (χ4v) is 3.90. The van der Waals surface area contributed by atoms with Gasteiger partial charge in [0, 0.05) is 6.54 Å². The number of hydrogen-bond acceptors (Lipinski definition) is 4. The van der Waals surface area contributed by atoms with Crippen molar-refractivity contribution in [3.05, 3.63) is 53.1 Å². The zero-order chi connectivity index (χ0) is 17.7. The van der Waals surface area contributed by atoms with E-state index in [4.69, 9.17) is 4.74 Å². The molecule has 0 aliphatic heterocycles.